The third-order valence-corrected chi connectivity index (χ3v) is 3.28. The Morgan fingerprint density at radius 2 is 1.88 bits per heavy atom. The average Bonchev–Trinajstić information content (AvgIpc) is 2.86. The van der Waals surface area contributed by atoms with Gasteiger partial charge in [-0.15, -0.1) is 13.2 Å². The number of rotatable bonds is 2. The summed E-state index contributed by atoms with van der Waals surface area (Å²) in [4.78, 5) is 8.58. The average molecular weight is 358 g/mol. The van der Waals surface area contributed by atoms with Gasteiger partial charge in [-0.1, -0.05) is 25.4 Å². The van der Waals surface area contributed by atoms with Crippen LogP contribution in [-0.4, -0.2) is 20.9 Å². The van der Waals surface area contributed by atoms with Gasteiger partial charge >= 0.3 is 6.36 Å². The highest BCUT2D eigenvalue weighted by Gasteiger charge is 2.32. The Morgan fingerprint density at radius 1 is 1.17 bits per heavy atom. The van der Waals surface area contributed by atoms with Crippen LogP contribution in [0.2, 0.25) is 5.02 Å². The highest BCUT2D eigenvalue weighted by Crippen LogP contribution is 2.32. The zero-order chi connectivity index (χ0) is 17.9. The minimum absolute atomic E-state index is 0.146. The van der Waals surface area contributed by atoms with Crippen molar-refractivity contribution in [2.75, 3.05) is 0 Å². The van der Waals surface area contributed by atoms with Crippen molar-refractivity contribution in [3.63, 3.8) is 0 Å². The predicted octanol–water partition coefficient (Wildman–Crippen LogP) is 5.31. The maximum absolute atomic E-state index is 12.3. The first-order valence-corrected chi connectivity index (χ1v) is 7.59. The van der Waals surface area contributed by atoms with Crippen LogP contribution in [0.1, 0.15) is 19.7 Å². The number of nitrogens with zero attached hydrogens (tertiary/aromatic N) is 3. The van der Waals surface area contributed by atoms with Gasteiger partial charge in [0.25, 0.3) is 0 Å². The molecule has 0 saturated carbocycles. The number of aromatic nitrogens is 3. The molecular weight excluding hydrogens is 343 g/mol. The molecule has 0 amide bonds. The molecule has 0 spiro atoms. The van der Waals surface area contributed by atoms with Crippen molar-refractivity contribution >= 4 is 22.8 Å². The van der Waals surface area contributed by atoms with Crippen molar-refractivity contribution < 1.29 is 17.9 Å². The van der Waals surface area contributed by atoms with Gasteiger partial charge < -0.3 is 4.74 Å². The quantitative estimate of drug-likeness (QED) is 0.624. The second kappa shape index (κ2) is 7.09. The first-order chi connectivity index (χ1) is 11.3. The zero-order valence-electron chi connectivity index (χ0n) is 13.2. The van der Waals surface area contributed by atoms with E-state index in [1.807, 2.05) is 13.8 Å². The molecule has 0 aliphatic heterocycles. The zero-order valence-corrected chi connectivity index (χ0v) is 14.0. The molecule has 0 fully saturated rings. The van der Waals surface area contributed by atoms with Crippen LogP contribution < -0.4 is 4.74 Å². The van der Waals surface area contributed by atoms with Crippen LogP contribution in [0.3, 0.4) is 0 Å². The summed E-state index contributed by atoms with van der Waals surface area (Å²) >= 11 is 5.88. The van der Waals surface area contributed by atoms with E-state index in [-0.39, 0.29) is 5.02 Å². The van der Waals surface area contributed by atoms with Crippen molar-refractivity contribution in [1.29, 1.82) is 0 Å². The van der Waals surface area contributed by atoms with E-state index in [0.29, 0.717) is 22.7 Å². The Morgan fingerprint density at radius 3 is 2.50 bits per heavy atom. The van der Waals surface area contributed by atoms with Gasteiger partial charge in [-0.3, -0.25) is 4.57 Å². The maximum atomic E-state index is 12.3. The molecule has 3 aromatic rings. The Hall–Kier alpha value is -2.28. The summed E-state index contributed by atoms with van der Waals surface area (Å²) in [5, 5.41) is -0.146. The monoisotopic (exact) mass is 357 g/mol. The smallest absolute Gasteiger partial charge is 0.404 e. The number of halogens is 4. The molecule has 3 rings (SSSR count). The van der Waals surface area contributed by atoms with Gasteiger partial charge in [0.05, 0.1) is 10.7 Å². The molecule has 2 aromatic heterocycles. The molecule has 0 aliphatic rings. The summed E-state index contributed by atoms with van der Waals surface area (Å²) in [7, 11) is 0. The summed E-state index contributed by atoms with van der Waals surface area (Å²) in [6.07, 6.45) is -3.17. The lowest BCUT2D eigenvalue weighted by Crippen LogP contribution is -2.17. The fourth-order valence-corrected chi connectivity index (χ4v) is 2.38. The summed E-state index contributed by atoms with van der Waals surface area (Å²) in [5.41, 5.74) is 1.84. The van der Waals surface area contributed by atoms with Gasteiger partial charge in [0.1, 0.15) is 17.1 Å². The number of aryl methyl sites for hydroxylation is 1. The molecule has 4 nitrogen and oxygen atoms in total. The Kier molecular flexibility index (Phi) is 5.33. The molecule has 0 N–H and O–H groups in total. The fraction of sp³-hybridized carbons (Fsp3) is 0.250. The summed E-state index contributed by atoms with van der Waals surface area (Å²) < 4.78 is 42.3. The van der Waals surface area contributed by atoms with E-state index < -0.39 is 12.1 Å². The normalized spacial score (nSPS) is 11.1. The lowest BCUT2D eigenvalue weighted by atomic mass is 10.3. The molecule has 0 saturated heterocycles. The van der Waals surface area contributed by atoms with Crippen LogP contribution in [0.25, 0.3) is 16.9 Å². The summed E-state index contributed by atoms with van der Waals surface area (Å²) in [5.74, 6) is 0.196. The third kappa shape index (κ3) is 3.79. The van der Waals surface area contributed by atoms with E-state index in [4.69, 9.17) is 11.6 Å². The van der Waals surface area contributed by atoms with Gasteiger partial charge in [0, 0.05) is 6.20 Å². The van der Waals surface area contributed by atoms with E-state index >= 15 is 0 Å². The van der Waals surface area contributed by atoms with Crippen LogP contribution in [0, 0.1) is 6.92 Å². The van der Waals surface area contributed by atoms with Crippen molar-refractivity contribution in [3.05, 3.63) is 47.4 Å². The number of alkyl halides is 3. The van der Waals surface area contributed by atoms with Crippen LogP contribution in [0.15, 0.2) is 36.5 Å². The third-order valence-electron chi connectivity index (χ3n) is 2.98. The number of ether oxygens (including phenoxy) is 1. The first-order valence-electron chi connectivity index (χ1n) is 7.21. The van der Waals surface area contributed by atoms with Gasteiger partial charge in [0.2, 0.25) is 0 Å². The van der Waals surface area contributed by atoms with Crippen molar-refractivity contribution in [2.45, 2.75) is 27.1 Å². The first kappa shape index (κ1) is 18.1. The molecule has 0 atom stereocenters. The minimum Gasteiger partial charge on any atom is -0.404 e. The van der Waals surface area contributed by atoms with Crippen molar-refractivity contribution in [3.8, 4) is 11.4 Å². The van der Waals surface area contributed by atoms with Gasteiger partial charge in [-0.25, -0.2) is 9.97 Å². The van der Waals surface area contributed by atoms with Crippen molar-refractivity contribution in [1.82, 2.24) is 14.5 Å². The van der Waals surface area contributed by atoms with Crippen LogP contribution in [-0.2, 0) is 0 Å². The van der Waals surface area contributed by atoms with Crippen LogP contribution in [0.4, 0.5) is 13.2 Å². The highest BCUT2D eigenvalue weighted by molar-refractivity contribution is 6.32. The number of hydrogen-bond acceptors (Lipinski definition) is 3. The predicted molar refractivity (Wildman–Crippen MR) is 86.6 cm³/mol. The summed E-state index contributed by atoms with van der Waals surface area (Å²) in [6, 6.07) is 7.57. The second-order valence-electron chi connectivity index (χ2n) is 4.50. The molecule has 0 radical (unpaired) electrons. The maximum Gasteiger partial charge on any atom is 0.573 e. The molecule has 24 heavy (non-hydrogen) atoms. The summed E-state index contributed by atoms with van der Waals surface area (Å²) in [6.45, 7) is 5.77. The molecule has 0 unspecified atom stereocenters. The number of fused-ring (bicyclic) bond motifs is 1. The number of benzene rings is 1. The fourth-order valence-electron chi connectivity index (χ4n) is 2.17. The Bertz CT molecular complexity index is 846. The van der Waals surface area contributed by atoms with E-state index in [1.54, 1.807) is 29.8 Å². The van der Waals surface area contributed by atoms with Gasteiger partial charge in [-0.05, 0) is 37.3 Å². The van der Waals surface area contributed by atoms with Gasteiger partial charge in [0.15, 0.2) is 5.65 Å². The molecule has 128 valence electrons. The SMILES string of the molecule is CC.Cc1nc2cccnc2n1-c1ccc(OC(F)(F)F)c(Cl)c1. The van der Waals surface area contributed by atoms with E-state index in [2.05, 4.69) is 14.7 Å². The molecular formula is C16H15ClF3N3O. The molecule has 8 heteroatoms. The van der Waals surface area contributed by atoms with Gasteiger partial charge in [-0.2, -0.15) is 0 Å². The van der Waals surface area contributed by atoms with Crippen LogP contribution >= 0.6 is 11.6 Å². The highest BCUT2D eigenvalue weighted by atomic mass is 35.5. The Balaban J connectivity index is 0.00000100. The number of pyridine rings is 1. The lowest BCUT2D eigenvalue weighted by molar-refractivity contribution is -0.274. The number of hydrogen-bond donors (Lipinski definition) is 0. The number of imidazole rings is 1. The van der Waals surface area contributed by atoms with Crippen molar-refractivity contribution in [2.24, 2.45) is 0 Å². The van der Waals surface area contributed by atoms with E-state index in [0.717, 1.165) is 0 Å². The van der Waals surface area contributed by atoms with E-state index in [9.17, 15) is 13.2 Å². The lowest BCUT2D eigenvalue weighted by Gasteiger charge is -2.12. The Labute approximate surface area is 141 Å². The molecule has 1 aromatic carbocycles. The minimum atomic E-state index is -4.79. The van der Waals surface area contributed by atoms with E-state index in [1.165, 1.54) is 18.2 Å². The molecule has 0 aliphatic carbocycles. The second-order valence-corrected chi connectivity index (χ2v) is 4.91. The largest absolute Gasteiger partial charge is 0.573 e. The topological polar surface area (TPSA) is 39.9 Å². The standard InChI is InChI=1S/C14H9ClF3N3O.C2H6/c1-8-20-11-3-2-6-19-13(11)21(8)9-4-5-12(10(15)7-9)22-14(16,17)18;1-2/h2-7H,1H3;1-2H3. The molecule has 0 bridgehead atoms. The molecule has 2 heterocycles. The van der Waals surface area contributed by atoms with Crippen LogP contribution in [0.5, 0.6) is 5.75 Å².